The van der Waals surface area contributed by atoms with Crippen molar-refractivity contribution >= 4 is 28.3 Å². The molecule has 29 heavy (non-hydrogen) atoms. The number of hydrogen-bond acceptors (Lipinski definition) is 3. The highest BCUT2D eigenvalue weighted by Gasteiger charge is 2.28. The number of carbonyl (C=O) groups excluding carboxylic acids is 2. The molecule has 148 valence electrons. The van der Waals surface area contributed by atoms with Gasteiger partial charge in [0, 0.05) is 35.9 Å². The lowest BCUT2D eigenvalue weighted by atomic mass is 10.0. The molecular formula is C24H25N3O2. The van der Waals surface area contributed by atoms with E-state index in [4.69, 9.17) is 0 Å². The zero-order chi connectivity index (χ0) is 20.4. The van der Waals surface area contributed by atoms with E-state index in [1.165, 1.54) is 0 Å². The molecule has 5 heteroatoms. The van der Waals surface area contributed by atoms with Crippen molar-refractivity contribution in [1.82, 2.24) is 9.80 Å². The van der Waals surface area contributed by atoms with E-state index in [-0.39, 0.29) is 11.8 Å². The van der Waals surface area contributed by atoms with Crippen LogP contribution < -0.4 is 5.32 Å². The number of amides is 2. The number of nitrogens with one attached hydrogen (secondary N) is 1. The highest BCUT2D eigenvalue weighted by atomic mass is 16.2. The van der Waals surface area contributed by atoms with Crippen molar-refractivity contribution in [2.24, 2.45) is 0 Å². The van der Waals surface area contributed by atoms with Gasteiger partial charge in [0.1, 0.15) is 0 Å². The number of likely N-dealkylation sites (N-methyl/N-ethyl adjacent to an activating group) is 1. The Balaban J connectivity index is 1.46. The van der Waals surface area contributed by atoms with Gasteiger partial charge in [0.2, 0.25) is 0 Å². The minimum atomic E-state index is -0.158. The molecule has 5 nitrogen and oxygen atoms in total. The molecule has 1 heterocycles. The second-order valence-corrected chi connectivity index (χ2v) is 7.72. The van der Waals surface area contributed by atoms with Crippen molar-refractivity contribution in [2.75, 3.05) is 32.5 Å². The van der Waals surface area contributed by atoms with Crippen molar-refractivity contribution < 1.29 is 9.59 Å². The molecule has 0 spiro atoms. The van der Waals surface area contributed by atoms with Crippen molar-refractivity contribution in [3.05, 3.63) is 77.9 Å². The van der Waals surface area contributed by atoms with Crippen molar-refractivity contribution in [3.8, 4) is 0 Å². The Labute approximate surface area is 170 Å². The zero-order valence-electron chi connectivity index (χ0n) is 16.8. The second-order valence-electron chi connectivity index (χ2n) is 7.72. The van der Waals surface area contributed by atoms with E-state index in [0.29, 0.717) is 22.9 Å². The highest BCUT2D eigenvalue weighted by molar-refractivity contribution is 6.13. The van der Waals surface area contributed by atoms with E-state index in [2.05, 4.69) is 10.2 Å². The van der Waals surface area contributed by atoms with Crippen LogP contribution in [0.5, 0.6) is 0 Å². The molecule has 1 saturated heterocycles. The largest absolute Gasteiger partial charge is 0.337 e. The minimum absolute atomic E-state index is 0.0429. The summed E-state index contributed by atoms with van der Waals surface area (Å²) in [5.41, 5.74) is 1.95. The van der Waals surface area contributed by atoms with Gasteiger partial charge in [-0.1, -0.05) is 36.4 Å². The van der Waals surface area contributed by atoms with Gasteiger partial charge in [-0.3, -0.25) is 9.59 Å². The lowest BCUT2D eigenvalue weighted by Crippen LogP contribution is -2.34. The van der Waals surface area contributed by atoms with Gasteiger partial charge in [-0.05, 0) is 61.6 Å². The van der Waals surface area contributed by atoms with Gasteiger partial charge in [-0.25, -0.2) is 0 Å². The molecular weight excluding hydrogens is 362 g/mol. The fraction of sp³-hybridized carbons (Fsp3) is 0.250. The molecule has 4 rings (SSSR count). The molecule has 1 unspecified atom stereocenters. The summed E-state index contributed by atoms with van der Waals surface area (Å²) in [5.74, 6) is -0.115. The number of carbonyl (C=O) groups is 2. The summed E-state index contributed by atoms with van der Waals surface area (Å²) in [6, 6.07) is 21.1. The zero-order valence-corrected chi connectivity index (χ0v) is 16.8. The van der Waals surface area contributed by atoms with E-state index >= 15 is 0 Å². The molecule has 0 aliphatic carbocycles. The van der Waals surface area contributed by atoms with E-state index in [0.717, 1.165) is 30.3 Å². The topological polar surface area (TPSA) is 52.6 Å². The summed E-state index contributed by atoms with van der Waals surface area (Å²) in [4.78, 5) is 29.6. The quantitative estimate of drug-likeness (QED) is 0.739. The van der Waals surface area contributed by atoms with Crippen molar-refractivity contribution in [1.29, 1.82) is 0 Å². The first-order valence-electron chi connectivity index (χ1n) is 9.88. The molecule has 1 aliphatic heterocycles. The standard InChI is InChI=1S/C24H25N3O2/c1-26(2)20-14-15-27(16-20)24(29)18-10-12-19(13-11-18)25-23(28)22-9-5-7-17-6-3-4-8-21(17)22/h3-13,20H,14-16H2,1-2H3,(H,25,28). The summed E-state index contributed by atoms with van der Waals surface area (Å²) in [6.07, 6.45) is 0.998. The predicted octanol–water partition coefficient (Wildman–Crippen LogP) is 3.87. The maximum atomic E-state index is 12.8. The Morgan fingerprint density at radius 3 is 2.41 bits per heavy atom. The molecule has 1 fully saturated rings. The number of likely N-dealkylation sites (tertiary alicyclic amines) is 1. The third-order valence-electron chi connectivity index (χ3n) is 5.60. The normalized spacial score (nSPS) is 16.4. The smallest absolute Gasteiger partial charge is 0.256 e. The summed E-state index contributed by atoms with van der Waals surface area (Å²) in [5, 5.41) is 4.89. The van der Waals surface area contributed by atoms with Crippen LogP contribution in [-0.2, 0) is 0 Å². The monoisotopic (exact) mass is 387 g/mol. The van der Waals surface area contributed by atoms with Crippen LogP contribution in [0.15, 0.2) is 66.7 Å². The molecule has 0 radical (unpaired) electrons. The summed E-state index contributed by atoms with van der Waals surface area (Å²) in [6.45, 7) is 1.53. The molecule has 0 aromatic heterocycles. The van der Waals surface area contributed by atoms with Gasteiger partial charge in [0.15, 0.2) is 0 Å². The van der Waals surface area contributed by atoms with Crippen LogP contribution in [0.3, 0.4) is 0 Å². The first kappa shape index (κ1) is 19.2. The van der Waals surface area contributed by atoms with Crippen LogP contribution >= 0.6 is 0 Å². The van der Waals surface area contributed by atoms with E-state index < -0.39 is 0 Å². The molecule has 1 N–H and O–H groups in total. The maximum absolute atomic E-state index is 12.8. The van der Waals surface area contributed by atoms with E-state index in [1.54, 1.807) is 24.3 Å². The van der Waals surface area contributed by atoms with Gasteiger partial charge in [-0.15, -0.1) is 0 Å². The van der Waals surface area contributed by atoms with Gasteiger partial charge in [0.25, 0.3) is 11.8 Å². The summed E-state index contributed by atoms with van der Waals surface area (Å²) < 4.78 is 0. The lowest BCUT2D eigenvalue weighted by molar-refractivity contribution is 0.0783. The minimum Gasteiger partial charge on any atom is -0.337 e. The van der Waals surface area contributed by atoms with Crippen LogP contribution in [0.4, 0.5) is 5.69 Å². The molecule has 3 aromatic carbocycles. The SMILES string of the molecule is CN(C)C1CCN(C(=O)c2ccc(NC(=O)c3cccc4ccccc34)cc2)C1. The van der Waals surface area contributed by atoms with E-state index in [9.17, 15) is 9.59 Å². The van der Waals surface area contributed by atoms with Crippen LogP contribution in [0.25, 0.3) is 10.8 Å². The fourth-order valence-electron chi connectivity index (χ4n) is 3.85. The van der Waals surface area contributed by atoms with Gasteiger partial charge in [0.05, 0.1) is 0 Å². The van der Waals surface area contributed by atoms with Crippen molar-refractivity contribution in [2.45, 2.75) is 12.5 Å². The molecule has 0 saturated carbocycles. The van der Waals surface area contributed by atoms with Crippen LogP contribution in [0, 0.1) is 0 Å². The number of fused-ring (bicyclic) bond motifs is 1. The van der Waals surface area contributed by atoms with Crippen molar-refractivity contribution in [3.63, 3.8) is 0 Å². The lowest BCUT2D eigenvalue weighted by Gasteiger charge is -2.20. The van der Waals surface area contributed by atoms with Crippen LogP contribution in [0.1, 0.15) is 27.1 Å². The molecule has 1 atom stereocenters. The summed E-state index contributed by atoms with van der Waals surface area (Å²) >= 11 is 0. The Kier molecular flexibility index (Phi) is 5.32. The number of hydrogen-bond donors (Lipinski definition) is 1. The summed E-state index contributed by atoms with van der Waals surface area (Å²) in [7, 11) is 4.10. The Morgan fingerprint density at radius 1 is 0.966 bits per heavy atom. The van der Waals surface area contributed by atoms with Crippen LogP contribution in [0.2, 0.25) is 0 Å². The number of rotatable bonds is 4. The average Bonchev–Trinajstić information content (AvgIpc) is 3.24. The van der Waals surface area contributed by atoms with Gasteiger partial charge < -0.3 is 15.1 Å². The van der Waals surface area contributed by atoms with E-state index in [1.807, 2.05) is 61.5 Å². The Bertz CT molecular complexity index is 1040. The average molecular weight is 387 g/mol. The molecule has 3 aromatic rings. The Morgan fingerprint density at radius 2 is 1.69 bits per heavy atom. The van der Waals surface area contributed by atoms with Gasteiger partial charge in [-0.2, -0.15) is 0 Å². The molecule has 2 amide bonds. The fourth-order valence-corrected chi connectivity index (χ4v) is 3.85. The third kappa shape index (κ3) is 4.00. The highest BCUT2D eigenvalue weighted by Crippen LogP contribution is 2.21. The number of anilines is 1. The third-order valence-corrected chi connectivity index (χ3v) is 5.60. The first-order chi connectivity index (χ1) is 14.0. The second kappa shape index (κ2) is 8.05. The van der Waals surface area contributed by atoms with Crippen LogP contribution in [-0.4, -0.2) is 54.8 Å². The maximum Gasteiger partial charge on any atom is 0.256 e. The Hall–Kier alpha value is -3.18. The molecule has 0 bridgehead atoms. The predicted molar refractivity (Wildman–Crippen MR) is 116 cm³/mol. The molecule has 1 aliphatic rings. The number of benzene rings is 3. The van der Waals surface area contributed by atoms with Gasteiger partial charge >= 0.3 is 0 Å². The first-order valence-corrected chi connectivity index (χ1v) is 9.88. The number of nitrogens with zero attached hydrogens (tertiary/aromatic N) is 2.